The van der Waals surface area contributed by atoms with Gasteiger partial charge in [0.2, 0.25) is 5.43 Å². The van der Waals surface area contributed by atoms with Crippen LogP contribution in [-0.2, 0) is 0 Å². The molecule has 0 spiro atoms. The van der Waals surface area contributed by atoms with Crippen LogP contribution in [-0.4, -0.2) is 9.13 Å². The summed E-state index contributed by atoms with van der Waals surface area (Å²) in [6.45, 7) is 0. The van der Waals surface area contributed by atoms with Gasteiger partial charge in [-0.3, -0.25) is 4.79 Å². The van der Waals surface area contributed by atoms with Crippen molar-refractivity contribution in [2.75, 3.05) is 0 Å². The SMILES string of the molecule is O=c1c2ccc(-n3c4ccccc4c4c3ccc3c5ccccc5n(-c5ccccc5)c34)cc2oc2ccc(-c3ccccc3)cc12. The second kappa shape index (κ2) is 9.80. The van der Waals surface area contributed by atoms with Crippen molar-refractivity contribution in [3.8, 4) is 22.5 Å². The van der Waals surface area contributed by atoms with Crippen molar-refractivity contribution in [2.24, 2.45) is 0 Å². The van der Waals surface area contributed by atoms with Crippen molar-refractivity contribution in [2.45, 2.75) is 0 Å². The van der Waals surface area contributed by atoms with Crippen LogP contribution in [0.15, 0.2) is 167 Å². The van der Waals surface area contributed by atoms with Gasteiger partial charge in [-0.05, 0) is 65.7 Å². The Hall–Kier alpha value is -6.39. The van der Waals surface area contributed by atoms with Gasteiger partial charge < -0.3 is 13.6 Å². The van der Waals surface area contributed by atoms with Gasteiger partial charge in [0.1, 0.15) is 11.2 Å². The highest BCUT2D eigenvalue weighted by atomic mass is 16.3. The standard InChI is InChI=1S/C43H26N2O2/c46-43-34-21-20-30(26-40(34)47-39-24-19-28(25-35(39)43)27-11-3-1-4-12-27)44-37-18-10-8-16-33(37)41-38(44)23-22-32-31-15-7-9-17-36(31)45(42(32)41)29-13-5-2-6-14-29/h1-26H. The molecule has 0 aliphatic rings. The van der Waals surface area contributed by atoms with Crippen LogP contribution in [0.25, 0.3) is 88.1 Å². The van der Waals surface area contributed by atoms with Gasteiger partial charge in [-0.15, -0.1) is 0 Å². The predicted octanol–water partition coefficient (Wildman–Crippen LogP) is 10.8. The molecule has 3 heterocycles. The molecule has 0 atom stereocenters. The normalized spacial score (nSPS) is 11.9. The lowest BCUT2D eigenvalue weighted by Crippen LogP contribution is -2.03. The molecule has 220 valence electrons. The Morgan fingerprint density at radius 3 is 1.89 bits per heavy atom. The summed E-state index contributed by atoms with van der Waals surface area (Å²) in [6, 6.07) is 54.2. The summed E-state index contributed by atoms with van der Waals surface area (Å²) in [5.74, 6) is 0. The van der Waals surface area contributed by atoms with Gasteiger partial charge in [0.05, 0.1) is 32.8 Å². The van der Waals surface area contributed by atoms with Gasteiger partial charge in [-0.2, -0.15) is 0 Å². The summed E-state index contributed by atoms with van der Waals surface area (Å²) >= 11 is 0. The van der Waals surface area contributed by atoms with Gasteiger partial charge in [0.25, 0.3) is 0 Å². The van der Waals surface area contributed by atoms with Crippen molar-refractivity contribution in [3.05, 3.63) is 168 Å². The number of aromatic nitrogens is 2. The van der Waals surface area contributed by atoms with Gasteiger partial charge in [-0.25, -0.2) is 0 Å². The number of hydrogen-bond donors (Lipinski definition) is 0. The van der Waals surface area contributed by atoms with Crippen molar-refractivity contribution in [1.29, 1.82) is 0 Å². The second-order valence-electron chi connectivity index (χ2n) is 12.1. The van der Waals surface area contributed by atoms with Crippen LogP contribution < -0.4 is 5.43 Å². The van der Waals surface area contributed by atoms with E-state index < -0.39 is 0 Å². The van der Waals surface area contributed by atoms with Gasteiger partial charge in [-0.1, -0.05) is 97.1 Å². The quantitative estimate of drug-likeness (QED) is 0.189. The molecule has 0 amide bonds. The molecule has 10 rings (SSSR count). The highest BCUT2D eigenvalue weighted by molar-refractivity contribution is 6.26. The highest BCUT2D eigenvalue weighted by Gasteiger charge is 2.21. The first kappa shape index (κ1) is 25.9. The van der Waals surface area contributed by atoms with Gasteiger partial charge in [0, 0.05) is 39.0 Å². The fraction of sp³-hybridized carbons (Fsp3) is 0. The van der Waals surface area contributed by atoms with E-state index in [-0.39, 0.29) is 5.43 Å². The lowest BCUT2D eigenvalue weighted by molar-refractivity contribution is 0.659. The number of fused-ring (bicyclic) bond motifs is 9. The third-order valence-electron chi connectivity index (χ3n) is 9.50. The van der Waals surface area contributed by atoms with Crippen LogP contribution in [0.3, 0.4) is 0 Å². The maximum Gasteiger partial charge on any atom is 0.200 e. The number of para-hydroxylation sites is 3. The van der Waals surface area contributed by atoms with Crippen molar-refractivity contribution >= 4 is 65.6 Å². The molecule has 0 N–H and O–H groups in total. The molecule has 3 aromatic heterocycles. The molecule has 0 radical (unpaired) electrons. The van der Waals surface area contributed by atoms with Crippen LogP contribution in [0.1, 0.15) is 0 Å². The molecule has 0 aliphatic heterocycles. The maximum atomic E-state index is 13.8. The predicted molar refractivity (Wildman–Crippen MR) is 194 cm³/mol. The van der Waals surface area contributed by atoms with E-state index in [2.05, 4.69) is 112 Å². The van der Waals surface area contributed by atoms with Crippen LogP contribution >= 0.6 is 0 Å². The fourth-order valence-electron chi connectivity index (χ4n) is 7.42. The van der Waals surface area contributed by atoms with E-state index in [4.69, 9.17) is 4.42 Å². The lowest BCUT2D eigenvalue weighted by atomic mass is 10.0. The topological polar surface area (TPSA) is 40.1 Å². The number of rotatable bonds is 3. The van der Waals surface area contributed by atoms with E-state index in [1.807, 2.05) is 54.6 Å². The summed E-state index contributed by atoms with van der Waals surface area (Å²) in [4.78, 5) is 13.8. The Morgan fingerprint density at radius 2 is 1.09 bits per heavy atom. The molecule has 47 heavy (non-hydrogen) atoms. The molecule has 7 aromatic carbocycles. The van der Waals surface area contributed by atoms with E-state index in [1.54, 1.807) is 0 Å². The van der Waals surface area contributed by atoms with E-state index >= 15 is 0 Å². The summed E-state index contributed by atoms with van der Waals surface area (Å²) in [5, 5.41) is 5.94. The van der Waals surface area contributed by atoms with Crippen molar-refractivity contribution < 1.29 is 4.42 Å². The summed E-state index contributed by atoms with van der Waals surface area (Å²) < 4.78 is 11.1. The Bertz CT molecular complexity index is 2910. The molecule has 0 fully saturated rings. The Morgan fingerprint density at radius 1 is 0.404 bits per heavy atom. The molecule has 10 aromatic rings. The van der Waals surface area contributed by atoms with Crippen LogP contribution in [0, 0.1) is 0 Å². The second-order valence-corrected chi connectivity index (χ2v) is 12.1. The van der Waals surface area contributed by atoms with Crippen LogP contribution in [0.2, 0.25) is 0 Å². The lowest BCUT2D eigenvalue weighted by Gasteiger charge is -2.11. The average molecular weight is 603 g/mol. The van der Waals surface area contributed by atoms with Gasteiger partial charge >= 0.3 is 0 Å². The van der Waals surface area contributed by atoms with E-state index in [9.17, 15) is 4.79 Å². The molecular formula is C43H26N2O2. The number of benzene rings is 7. The smallest absolute Gasteiger partial charge is 0.200 e. The van der Waals surface area contributed by atoms with Crippen molar-refractivity contribution in [1.82, 2.24) is 9.13 Å². The third kappa shape index (κ3) is 3.73. The molecular weight excluding hydrogens is 576 g/mol. The monoisotopic (exact) mass is 602 g/mol. The minimum atomic E-state index is -0.0260. The molecule has 0 unspecified atom stereocenters. The molecule has 0 saturated heterocycles. The highest BCUT2D eigenvalue weighted by Crippen LogP contribution is 2.42. The van der Waals surface area contributed by atoms with E-state index in [0.717, 1.165) is 33.5 Å². The maximum absolute atomic E-state index is 13.8. The summed E-state index contributed by atoms with van der Waals surface area (Å²) in [7, 11) is 0. The van der Waals surface area contributed by atoms with E-state index in [0.29, 0.717) is 21.9 Å². The summed E-state index contributed by atoms with van der Waals surface area (Å²) in [6.07, 6.45) is 0. The molecule has 4 nitrogen and oxygen atoms in total. The third-order valence-corrected chi connectivity index (χ3v) is 9.50. The molecule has 0 bridgehead atoms. The molecule has 0 aliphatic carbocycles. The van der Waals surface area contributed by atoms with E-state index in [1.165, 1.54) is 32.6 Å². The first-order chi connectivity index (χ1) is 23.2. The van der Waals surface area contributed by atoms with Gasteiger partial charge in [0.15, 0.2) is 0 Å². The van der Waals surface area contributed by atoms with Crippen molar-refractivity contribution in [3.63, 3.8) is 0 Å². The Labute approximate surface area is 268 Å². The van der Waals surface area contributed by atoms with Crippen LogP contribution in [0.5, 0.6) is 0 Å². The minimum absolute atomic E-state index is 0.0260. The minimum Gasteiger partial charge on any atom is -0.456 e. The fourth-order valence-corrected chi connectivity index (χ4v) is 7.42. The zero-order valence-electron chi connectivity index (χ0n) is 25.2. The Balaban J connectivity index is 1.26. The largest absolute Gasteiger partial charge is 0.456 e. The number of hydrogen-bond acceptors (Lipinski definition) is 2. The average Bonchev–Trinajstić information content (AvgIpc) is 3.65. The number of nitrogens with zero attached hydrogens (tertiary/aromatic N) is 2. The summed E-state index contributed by atoms with van der Waals surface area (Å²) in [5.41, 5.74) is 9.78. The Kier molecular flexibility index (Phi) is 5.40. The zero-order valence-corrected chi connectivity index (χ0v) is 25.2. The molecule has 0 saturated carbocycles. The first-order valence-electron chi connectivity index (χ1n) is 15.8. The van der Waals surface area contributed by atoms with Crippen LogP contribution in [0.4, 0.5) is 0 Å². The molecule has 4 heteroatoms. The zero-order chi connectivity index (χ0) is 31.1. The first-order valence-corrected chi connectivity index (χ1v) is 15.8.